The van der Waals surface area contributed by atoms with Crippen molar-refractivity contribution in [1.82, 2.24) is 19.8 Å². The van der Waals surface area contributed by atoms with Gasteiger partial charge in [0.15, 0.2) is 0 Å². The Bertz CT molecular complexity index is 1180. The maximum Gasteiger partial charge on any atom is 0.251 e. The molecule has 2 N–H and O–H groups in total. The third-order valence-corrected chi connectivity index (χ3v) is 6.26. The number of nitrogens with zero attached hydrogens (tertiary/aromatic N) is 3. The van der Waals surface area contributed by atoms with Crippen LogP contribution in [0.2, 0.25) is 0 Å². The van der Waals surface area contributed by atoms with Crippen LogP contribution in [0.3, 0.4) is 0 Å². The largest absolute Gasteiger partial charge is 0.465 e. The van der Waals surface area contributed by atoms with Crippen molar-refractivity contribution in [3.8, 4) is 0 Å². The van der Waals surface area contributed by atoms with Gasteiger partial charge < -0.3 is 19.4 Å². The van der Waals surface area contributed by atoms with Crippen molar-refractivity contribution in [1.29, 1.82) is 0 Å². The Morgan fingerprint density at radius 3 is 2.79 bits per heavy atom. The zero-order valence-corrected chi connectivity index (χ0v) is 19.6. The molecule has 2 aliphatic rings. The number of halogens is 3. The van der Waals surface area contributed by atoms with Crippen molar-refractivity contribution in [3.63, 3.8) is 0 Å². The van der Waals surface area contributed by atoms with E-state index in [-0.39, 0.29) is 49.0 Å². The van der Waals surface area contributed by atoms with Gasteiger partial charge in [0.25, 0.3) is 5.56 Å². The molecule has 0 unspecified atom stereocenters. The fourth-order valence-electron chi connectivity index (χ4n) is 4.77. The molecule has 0 radical (unpaired) electrons. The van der Waals surface area contributed by atoms with E-state index in [2.05, 4.69) is 15.2 Å². The number of nitrogens with one attached hydrogen (secondary N) is 1. The Morgan fingerprint density at radius 2 is 2.06 bits per heavy atom. The lowest BCUT2D eigenvalue weighted by Crippen LogP contribution is -2.48. The van der Waals surface area contributed by atoms with Gasteiger partial charge in [0.1, 0.15) is 17.2 Å². The second kappa shape index (κ2) is 10.4. The van der Waals surface area contributed by atoms with E-state index in [0.717, 1.165) is 44.4 Å². The third kappa shape index (κ3) is 5.00. The normalized spacial score (nSPS) is 20.8. The highest BCUT2D eigenvalue weighted by atomic mass is 35.5. The van der Waals surface area contributed by atoms with Crippen LogP contribution >= 0.6 is 24.8 Å². The quantitative estimate of drug-likeness (QED) is 0.545. The first-order valence-corrected chi connectivity index (χ1v) is 10.6. The number of hydrogen-bond donors (Lipinski definition) is 2. The van der Waals surface area contributed by atoms with E-state index < -0.39 is 11.4 Å². The highest BCUT2D eigenvalue weighted by Gasteiger charge is 2.43. The van der Waals surface area contributed by atoms with Crippen LogP contribution in [0.5, 0.6) is 0 Å². The van der Waals surface area contributed by atoms with E-state index >= 15 is 0 Å². The zero-order valence-electron chi connectivity index (χ0n) is 17.9. The molecule has 0 aliphatic carbocycles. The number of piperidine rings is 1. The average Bonchev–Trinajstić information content (AvgIpc) is 3.38. The molecule has 5 rings (SSSR count). The first-order valence-electron chi connectivity index (χ1n) is 10.6. The monoisotopic (exact) mass is 496 g/mol. The van der Waals surface area contributed by atoms with Crippen LogP contribution in [0.4, 0.5) is 4.39 Å². The minimum absolute atomic E-state index is 0. The molecule has 2 aliphatic heterocycles. The molecule has 3 aromatic heterocycles. The van der Waals surface area contributed by atoms with Gasteiger partial charge in [-0.15, -0.1) is 24.8 Å². The van der Waals surface area contributed by atoms with Crippen molar-refractivity contribution < 1.29 is 13.9 Å². The number of β-amino-alcohol motifs (C(OH)–C–C–N with tert-alkyl or cyclic N) is 1. The molecule has 7 nitrogen and oxygen atoms in total. The van der Waals surface area contributed by atoms with Gasteiger partial charge in [0.05, 0.1) is 35.6 Å². The van der Waals surface area contributed by atoms with Gasteiger partial charge >= 0.3 is 0 Å². The summed E-state index contributed by atoms with van der Waals surface area (Å²) in [5, 5.41) is 14.9. The second-order valence-electron chi connectivity index (χ2n) is 8.38. The summed E-state index contributed by atoms with van der Waals surface area (Å²) in [4.78, 5) is 18.5. The van der Waals surface area contributed by atoms with Crippen molar-refractivity contribution in [2.24, 2.45) is 0 Å². The average molecular weight is 497 g/mol. The van der Waals surface area contributed by atoms with Gasteiger partial charge in [-0.1, -0.05) is 6.08 Å². The van der Waals surface area contributed by atoms with Crippen LogP contribution in [-0.2, 0) is 12.1 Å². The van der Waals surface area contributed by atoms with Crippen molar-refractivity contribution in [2.75, 3.05) is 26.2 Å². The molecule has 10 heteroatoms. The summed E-state index contributed by atoms with van der Waals surface area (Å²) < 4.78 is 21.4. The van der Waals surface area contributed by atoms with Gasteiger partial charge in [0.2, 0.25) is 0 Å². The molecule has 5 heterocycles. The SMILES string of the molecule is Cl.Cl.O=c1ccc2ncc(F)c3c2n1C[C@@]3(O)CN1CCC(NCC=Cc2ccco2)CC1. The highest BCUT2D eigenvalue weighted by molar-refractivity contribution is 5.85. The molecule has 1 atom stereocenters. The number of aliphatic hydroxyl groups is 1. The Kier molecular flexibility index (Phi) is 7.97. The molecule has 1 fully saturated rings. The Hall–Kier alpha value is -2.23. The van der Waals surface area contributed by atoms with Crippen LogP contribution in [0.15, 0.2) is 52.0 Å². The van der Waals surface area contributed by atoms with Crippen molar-refractivity contribution >= 4 is 41.9 Å². The molecule has 0 saturated carbocycles. The van der Waals surface area contributed by atoms with Crippen LogP contribution in [0.25, 0.3) is 17.1 Å². The standard InChI is InChI=1S/C23H25FN4O3.2ClH/c24-18-13-26-19-5-6-20(29)28-15-23(30,21(18)22(19)28)14-27-10-7-16(8-11-27)25-9-1-3-17-4-2-12-31-17;;/h1-6,12-13,16,25,30H,7-11,14-15H2;2*1H/t23-;;/m0../s1. The number of furan rings is 1. The number of pyridine rings is 2. The van der Waals surface area contributed by atoms with Crippen molar-refractivity contribution in [2.45, 2.75) is 31.0 Å². The summed E-state index contributed by atoms with van der Waals surface area (Å²) in [6, 6.07) is 7.16. The fourth-order valence-corrected chi connectivity index (χ4v) is 4.77. The van der Waals surface area contributed by atoms with Crippen LogP contribution < -0.4 is 10.9 Å². The van der Waals surface area contributed by atoms with E-state index in [1.807, 2.05) is 24.3 Å². The summed E-state index contributed by atoms with van der Waals surface area (Å²) in [5.41, 5.74) is -0.557. The fraction of sp³-hybridized carbons (Fsp3) is 0.391. The highest BCUT2D eigenvalue weighted by Crippen LogP contribution is 2.37. The third-order valence-electron chi connectivity index (χ3n) is 6.26. The molecule has 1 saturated heterocycles. The van der Waals surface area contributed by atoms with Crippen LogP contribution in [-0.4, -0.2) is 51.8 Å². The number of rotatable bonds is 6. The van der Waals surface area contributed by atoms with E-state index in [4.69, 9.17) is 4.42 Å². The summed E-state index contributed by atoms with van der Waals surface area (Å²) in [7, 11) is 0. The van der Waals surface area contributed by atoms with E-state index in [9.17, 15) is 14.3 Å². The van der Waals surface area contributed by atoms with Gasteiger partial charge in [-0.05, 0) is 50.2 Å². The summed E-state index contributed by atoms with van der Waals surface area (Å²) in [6.45, 7) is 2.69. The van der Waals surface area contributed by atoms with Gasteiger partial charge in [-0.3, -0.25) is 14.7 Å². The van der Waals surface area contributed by atoms with Gasteiger partial charge in [0, 0.05) is 25.2 Å². The molecule has 3 aromatic rings. The number of likely N-dealkylation sites (tertiary alicyclic amines) is 1. The first kappa shape index (κ1) is 25.4. The molecule has 178 valence electrons. The second-order valence-corrected chi connectivity index (χ2v) is 8.38. The predicted molar refractivity (Wildman–Crippen MR) is 130 cm³/mol. The smallest absolute Gasteiger partial charge is 0.251 e. The maximum absolute atomic E-state index is 14.7. The molecular weight excluding hydrogens is 470 g/mol. The Balaban J connectivity index is 0.00000153. The summed E-state index contributed by atoms with van der Waals surface area (Å²) >= 11 is 0. The summed E-state index contributed by atoms with van der Waals surface area (Å²) in [5.74, 6) is 0.269. The van der Waals surface area contributed by atoms with E-state index in [1.54, 1.807) is 12.3 Å². The first-order chi connectivity index (χ1) is 15.0. The molecule has 33 heavy (non-hydrogen) atoms. The lowest BCUT2D eigenvalue weighted by atomic mass is 9.93. The lowest BCUT2D eigenvalue weighted by molar-refractivity contribution is -0.0158. The van der Waals surface area contributed by atoms with E-state index in [1.165, 1.54) is 10.6 Å². The molecule has 0 bridgehead atoms. The van der Waals surface area contributed by atoms with Gasteiger partial charge in [-0.2, -0.15) is 0 Å². The van der Waals surface area contributed by atoms with Crippen LogP contribution in [0.1, 0.15) is 24.2 Å². The molecular formula is C23H27Cl2FN4O3. The number of aromatic nitrogens is 2. The molecule has 0 aromatic carbocycles. The van der Waals surface area contributed by atoms with Crippen LogP contribution in [0, 0.1) is 5.82 Å². The molecule has 0 spiro atoms. The predicted octanol–water partition coefficient (Wildman–Crippen LogP) is 2.94. The number of hydrogen-bond acceptors (Lipinski definition) is 6. The maximum atomic E-state index is 14.7. The lowest BCUT2D eigenvalue weighted by Gasteiger charge is -2.37. The topological polar surface area (TPSA) is 83.5 Å². The minimum atomic E-state index is -1.44. The summed E-state index contributed by atoms with van der Waals surface area (Å²) in [6.07, 6.45) is 8.64. The molecule has 0 amide bonds. The Morgan fingerprint density at radius 1 is 1.27 bits per heavy atom. The Labute approximate surface area is 203 Å². The zero-order chi connectivity index (χ0) is 21.4. The minimum Gasteiger partial charge on any atom is -0.465 e. The van der Waals surface area contributed by atoms with Crippen molar-refractivity contribution in [3.05, 3.63) is 70.3 Å². The van der Waals surface area contributed by atoms with E-state index in [0.29, 0.717) is 17.1 Å². The van der Waals surface area contributed by atoms with Gasteiger partial charge in [-0.25, -0.2) is 4.39 Å².